The van der Waals surface area contributed by atoms with Crippen LogP contribution in [0.25, 0.3) is 11.4 Å². The van der Waals surface area contributed by atoms with Crippen LogP contribution in [0.5, 0.6) is 0 Å². The highest BCUT2D eigenvalue weighted by molar-refractivity contribution is 5.66. The first-order valence-electron chi connectivity index (χ1n) is 8.43. The minimum atomic E-state index is 0.776. The second-order valence-electron chi connectivity index (χ2n) is 6.21. The molecule has 0 spiro atoms. The molecular weight excluding hydrogens is 282 g/mol. The fourth-order valence-corrected chi connectivity index (χ4v) is 3.01. The summed E-state index contributed by atoms with van der Waals surface area (Å²) in [5.41, 5.74) is 12.7. The van der Waals surface area contributed by atoms with Crippen molar-refractivity contribution in [2.24, 2.45) is 5.73 Å². The molecule has 0 aliphatic carbocycles. The van der Waals surface area contributed by atoms with E-state index in [2.05, 4.69) is 67.6 Å². The average molecular weight is 311 g/mol. The number of nitrogens with zero attached hydrogens (tertiary/aromatic N) is 1. The highest BCUT2D eigenvalue weighted by Gasteiger charge is 2.12. The first-order chi connectivity index (χ1) is 11.0. The van der Waals surface area contributed by atoms with Crippen LogP contribution in [0.2, 0.25) is 0 Å². The van der Waals surface area contributed by atoms with Crippen LogP contribution < -0.4 is 11.1 Å². The molecule has 124 valence electrons. The predicted molar refractivity (Wildman–Crippen MR) is 99.9 cm³/mol. The van der Waals surface area contributed by atoms with E-state index in [0.29, 0.717) is 0 Å². The van der Waals surface area contributed by atoms with E-state index in [0.717, 1.165) is 31.6 Å². The van der Waals surface area contributed by atoms with Gasteiger partial charge in [0, 0.05) is 34.9 Å². The molecule has 1 heterocycles. The van der Waals surface area contributed by atoms with E-state index in [1.165, 1.54) is 34.6 Å². The monoisotopic (exact) mass is 311 g/mol. The van der Waals surface area contributed by atoms with Gasteiger partial charge < -0.3 is 15.6 Å². The summed E-state index contributed by atoms with van der Waals surface area (Å²) in [4.78, 5) is 0. The van der Waals surface area contributed by atoms with E-state index < -0.39 is 0 Å². The lowest BCUT2D eigenvalue weighted by Gasteiger charge is -2.12. The van der Waals surface area contributed by atoms with Crippen molar-refractivity contribution in [3.63, 3.8) is 0 Å². The van der Waals surface area contributed by atoms with Gasteiger partial charge in [-0.05, 0) is 63.9 Å². The summed E-state index contributed by atoms with van der Waals surface area (Å²) < 4.78 is 2.30. The van der Waals surface area contributed by atoms with Gasteiger partial charge in [0.15, 0.2) is 0 Å². The van der Waals surface area contributed by atoms with E-state index in [1.807, 2.05) is 0 Å². The number of benzene rings is 1. The Balaban J connectivity index is 2.12. The summed E-state index contributed by atoms with van der Waals surface area (Å²) in [6.07, 6.45) is 3.39. The van der Waals surface area contributed by atoms with Crippen LogP contribution in [0, 0.1) is 20.8 Å². The molecule has 3 N–H and O–H groups in total. The Morgan fingerprint density at radius 2 is 1.91 bits per heavy atom. The van der Waals surface area contributed by atoms with E-state index in [9.17, 15) is 0 Å². The zero-order valence-electron chi connectivity index (χ0n) is 14.7. The van der Waals surface area contributed by atoms with Crippen LogP contribution in [0.3, 0.4) is 0 Å². The fourth-order valence-electron chi connectivity index (χ4n) is 3.01. The van der Waals surface area contributed by atoms with Gasteiger partial charge in [0.05, 0.1) is 0 Å². The second kappa shape index (κ2) is 8.02. The van der Waals surface area contributed by atoms with Crippen LogP contribution in [0.1, 0.15) is 41.8 Å². The van der Waals surface area contributed by atoms with Gasteiger partial charge in [0.2, 0.25) is 0 Å². The van der Waals surface area contributed by atoms with E-state index in [-0.39, 0.29) is 0 Å². The number of nitrogens with two attached hydrogens (primary N) is 1. The van der Waals surface area contributed by atoms with Gasteiger partial charge in [-0.15, -0.1) is 0 Å². The molecule has 0 radical (unpaired) electrons. The van der Waals surface area contributed by atoms with Crippen LogP contribution in [-0.4, -0.2) is 17.7 Å². The Hall–Kier alpha value is -2.00. The van der Waals surface area contributed by atoms with Crippen molar-refractivity contribution in [2.45, 2.75) is 40.0 Å². The summed E-state index contributed by atoms with van der Waals surface area (Å²) in [5, 5.41) is 3.45. The summed E-state index contributed by atoms with van der Waals surface area (Å²) in [6.45, 7) is 12.4. The van der Waals surface area contributed by atoms with E-state index >= 15 is 0 Å². The molecule has 3 nitrogen and oxygen atoms in total. The summed E-state index contributed by atoms with van der Waals surface area (Å²) in [7, 11) is 0. The van der Waals surface area contributed by atoms with Crippen LogP contribution in [-0.2, 0) is 0 Å². The van der Waals surface area contributed by atoms with Crippen molar-refractivity contribution in [3.05, 3.63) is 59.4 Å². The molecular formula is C20H29N3. The Kier molecular flexibility index (Phi) is 6.05. The van der Waals surface area contributed by atoms with Crippen LogP contribution >= 0.6 is 0 Å². The van der Waals surface area contributed by atoms with Crippen LogP contribution in [0.4, 0.5) is 0 Å². The van der Waals surface area contributed by atoms with Crippen molar-refractivity contribution in [3.8, 4) is 5.69 Å². The molecule has 2 aromatic rings. The van der Waals surface area contributed by atoms with Gasteiger partial charge in [-0.1, -0.05) is 25.1 Å². The van der Waals surface area contributed by atoms with Crippen molar-refractivity contribution < 1.29 is 0 Å². The largest absolute Gasteiger partial charge is 0.385 e. The molecule has 0 bridgehead atoms. The molecule has 0 saturated heterocycles. The van der Waals surface area contributed by atoms with Gasteiger partial charge in [-0.3, -0.25) is 0 Å². The molecule has 0 amide bonds. The van der Waals surface area contributed by atoms with Crippen molar-refractivity contribution in [1.82, 2.24) is 9.88 Å². The standard InChI is InChI=1S/C20H29N3/c1-15-9-8-10-19(13-15)23-16(2)14-20(18(23)4)17(3)22-12-7-5-6-11-21/h8-10,13-14,22H,3,5-7,11-12,21H2,1-2,4H3. The average Bonchev–Trinajstić information content (AvgIpc) is 2.82. The minimum Gasteiger partial charge on any atom is -0.385 e. The SMILES string of the molecule is C=C(NCCCCCN)c1cc(C)n(-c2cccc(C)c2)c1C. The summed E-state index contributed by atoms with van der Waals surface area (Å²) >= 11 is 0. The second-order valence-corrected chi connectivity index (χ2v) is 6.21. The van der Waals surface area contributed by atoms with Crippen LogP contribution in [0.15, 0.2) is 36.9 Å². The number of unbranched alkanes of at least 4 members (excludes halogenated alkanes) is 2. The van der Waals surface area contributed by atoms with Gasteiger partial charge in [-0.2, -0.15) is 0 Å². The number of nitrogens with one attached hydrogen (secondary N) is 1. The first-order valence-corrected chi connectivity index (χ1v) is 8.43. The molecule has 23 heavy (non-hydrogen) atoms. The van der Waals surface area contributed by atoms with Gasteiger partial charge in [0.25, 0.3) is 0 Å². The molecule has 0 fully saturated rings. The van der Waals surface area contributed by atoms with E-state index in [4.69, 9.17) is 5.73 Å². The maximum atomic E-state index is 5.53. The summed E-state index contributed by atoms with van der Waals surface area (Å²) in [6, 6.07) is 10.8. The number of rotatable bonds is 8. The molecule has 0 unspecified atom stereocenters. The van der Waals surface area contributed by atoms with Gasteiger partial charge in [0.1, 0.15) is 0 Å². The maximum Gasteiger partial charge on any atom is 0.0457 e. The van der Waals surface area contributed by atoms with Crippen molar-refractivity contribution >= 4 is 5.70 Å². The molecule has 1 aromatic heterocycles. The fraction of sp³-hybridized carbons (Fsp3) is 0.400. The highest BCUT2D eigenvalue weighted by atomic mass is 15.0. The minimum absolute atomic E-state index is 0.776. The van der Waals surface area contributed by atoms with Gasteiger partial charge >= 0.3 is 0 Å². The van der Waals surface area contributed by atoms with Crippen molar-refractivity contribution in [2.75, 3.05) is 13.1 Å². The van der Waals surface area contributed by atoms with Crippen molar-refractivity contribution in [1.29, 1.82) is 0 Å². The maximum absolute atomic E-state index is 5.53. The lowest BCUT2D eigenvalue weighted by molar-refractivity contribution is 0.666. The highest BCUT2D eigenvalue weighted by Crippen LogP contribution is 2.24. The Morgan fingerprint density at radius 1 is 1.13 bits per heavy atom. The topological polar surface area (TPSA) is 43.0 Å². The Morgan fingerprint density at radius 3 is 2.61 bits per heavy atom. The van der Waals surface area contributed by atoms with E-state index in [1.54, 1.807) is 0 Å². The number of aromatic nitrogens is 1. The number of aryl methyl sites for hydroxylation is 2. The molecule has 0 atom stereocenters. The normalized spacial score (nSPS) is 10.8. The molecule has 3 heteroatoms. The molecule has 1 aromatic carbocycles. The zero-order chi connectivity index (χ0) is 16.8. The third-order valence-electron chi connectivity index (χ3n) is 4.24. The predicted octanol–water partition coefficient (Wildman–Crippen LogP) is 4.09. The molecule has 0 aliphatic rings. The third kappa shape index (κ3) is 4.26. The van der Waals surface area contributed by atoms with Gasteiger partial charge in [-0.25, -0.2) is 0 Å². The smallest absolute Gasteiger partial charge is 0.0457 e. The number of hydrogen-bond donors (Lipinski definition) is 2. The Bertz CT molecular complexity index is 668. The number of hydrogen-bond acceptors (Lipinski definition) is 2. The zero-order valence-corrected chi connectivity index (χ0v) is 14.7. The molecule has 0 aliphatic heterocycles. The molecule has 2 rings (SSSR count). The third-order valence-corrected chi connectivity index (χ3v) is 4.24. The lowest BCUT2D eigenvalue weighted by atomic mass is 10.1. The Labute approximate surface area is 140 Å². The first kappa shape index (κ1) is 17.4. The lowest BCUT2D eigenvalue weighted by Crippen LogP contribution is -2.14. The molecule has 0 saturated carbocycles. The summed E-state index contributed by atoms with van der Waals surface area (Å²) in [5.74, 6) is 0. The quantitative estimate of drug-likeness (QED) is 0.721.